The standard InChI is InChI=1S/C9H19NO.C7H15NO.C6H13NO/c1-6(2)9(11)8(5)10-7(3)4;1-5(2)8-6(3)7(4)9;1-4(2)6(8)5(3)7/h6-8,10H,1-5H3;5-6,8H,1-4H3;4-5H,7H2,1-3H3. The Hall–Kier alpha value is -1.11. The molecule has 3 unspecified atom stereocenters. The van der Waals surface area contributed by atoms with Crippen molar-refractivity contribution >= 4 is 17.3 Å². The van der Waals surface area contributed by atoms with Crippen molar-refractivity contribution in [2.75, 3.05) is 0 Å². The van der Waals surface area contributed by atoms with E-state index in [1.807, 2.05) is 69.2 Å². The summed E-state index contributed by atoms with van der Waals surface area (Å²) >= 11 is 0. The highest BCUT2D eigenvalue weighted by atomic mass is 16.1. The summed E-state index contributed by atoms with van der Waals surface area (Å²) in [6.07, 6.45) is 0. The Morgan fingerprint density at radius 3 is 1.07 bits per heavy atom. The first-order valence-electron chi connectivity index (χ1n) is 10.4. The van der Waals surface area contributed by atoms with Gasteiger partial charge in [-0.15, -0.1) is 0 Å². The van der Waals surface area contributed by atoms with Crippen LogP contribution in [0.2, 0.25) is 0 Å². The van der Waals surface area contributed by atoms with Crippen LogP contribution in [0, 0.1) is 11.8 Å². The molecule has 0 aromatic carbocycles. The SMILES string of the molecule is CC(=O)C(C)NC(C)C.CC(C)C(=O)C(C)N.CC(C)NC(C)C(=O)C(C)C. The van der Waals surface area contributed by atoms with E-state index >= 15 is 0 Å². The molecule has 28 heavy (non-hydrogen) atoms. The smallest absolute Gasteiger partial charge is 0.151 e. The molecular formula is C22H47N3O3. The fraction of sp³-hybridized carbons (Fsp3) is 0.864. The molecule has 0 aromatic heterocycles. The Balaban J connectivity index is -0.000000340. The molecule has 0 saturated carbocycles. The predicted octanol–water partition coefficient (Wildman–Crippen LogP) is 3.12. The van der Waals surface area contributed by atoms with Gasteiger partial charge in [0.15, 0.2) is 11.6 Å². The van der Waals surface area contributed by atoms with Crippen LogP contribution in [0.5, 0.6) is 0 Å². The van der Waals surface area contributed by atoms with Crippen LogP contribution in [0.3, 0.4) is 0 Å². The van der Waals surface area contributed by atoms with Gasteiger partial charge in [-0.3, -0.25) is 14.4 Å². The molecular weight excluding hydrogens is 354 g/mol. The summed E-state index contributed by atoms with van der Waals surface area (Å²) in [7, 11) is 0. The lowest BCUT2D eigenvalue weighted by Crippen LogP contribution is -2.40. The third-order valence-electron chi connectivity index (χ3n) is 3.79. The number of carbonyl (C=O) groups excluding carboxylic acids is 3. The molecule has 0 radical (unpaired) electrons. The zero-order valence-corrected chi connectivity index (χ0v) is 20.3. The molecule has 0 fully saturated rings. The topological polar surface area (TPSA) is 101 Å². The van der Waals surface area contributed by atoms with Gasteiger partial charge in [-0.25, -0.2) is 0 Å². The maximum atomic E-state index is 11.3. The molecule has 0 aromatic rings. The van der Waals surface area contributed by atoms with E-state index in [9.17, 15) is 14.4 Å². The van der Waals surface area contributed by atoms with Gasteiger partial charge in [-0.2, -0.15) is 0 Å². The molecule has 0 amide bonds. The molecule has 0 aliphatic rings. The van der Waals surface area contributed by atoms with E-state index in [1.54, 1.807) is 13.8 Å². The number of nitrogens with two attached hydrogens (primary N) is 1. The maximum Gasteiger partial charge on any atom is 0.151 e. The average molecular weight is 402 g/mol. The first-order chi connectivity index (χ1) is 12.5. The van der Waals surface area contributed by atoms with Gasteiger partial charge in [0.2, 0.25) is 0 Å². The monoisotopic (exact) mass is 401 g/mol. The van der Waals surface area contributed by atoms with Crippen molar-refractivity contribution < 1.29 is 14.4 Å². The number of Topliss-reactive ketones (excluding diaryl/α,β-unsaturated/α-hetero) is 3. The predicted molar refractivity (Wildman–Crippen MR) is 119 cm³/mol. The molecule has 0 saturated heterocycles. The first-order valence-corrected chi connectivity index (χ1v) is 10.4. The number of nitrogens with one attached hydrogen (secondary N) is 2. The van der Waals surface area contributed by atoms with Crippen LogP contribution >= 0.6 is 0 Å². The number of rotatable bonds is 9. The van der Waals surface area contributed by atoms with E-state index in [0.717, 1.165) is 0 Å². The maximum absolute atomic E-state index is 11.3. The summed E-state index contributed by atoms with van der Waals surface area (Å²) in [5.41, 5.74) is 5.29. The molecule has 0 rings (SSSR count). The van der Waals surface area contributed by atoms with E-state index in [4.69, 9.17) is 5.73 Å². The number of hydrogen-bond donors (Lipinski definition) is 3. The molecule has 6 heteroatoms. The summed E-state index contributed by atoms with van der Waals surface area (Å²) in [4.78, 5) is 32.7. The van der Waals surface area contributed by atoms with Crippen molar-refractivity contribution in [1.82, 2.24) is 10.6 Å². The van der Waals surface area contributed by atoms with Crippen LogP contribution in [-0.2, 0) is 14.4 Å². The van der Waals surface area contributed by atoms with Crippen molar-refractivity contribution in [2.45, 2.75) is 113 Å². The quantitative estimate of drug-likeness (QED) is 0.549. The fourth-order valence-corrected chi connectivity index (χ4v) is 2.23. The zero-order chi connectivity index (χ0) is 23.2. The highest BCUT2D eigenvalue weighted by molar-refractivity contribution is 5.85. The summed E-state index contributed by atoms with van der Waals surface area (Å²) in [6.45, 7) is 22.8. The summed E-state index contributed by atoms with van der Waals surface area (Å²) < 4.78 is 0. The largest absolute Gasteiger partial charge is 0.322 e. The fourth-order valence-electron chi connectivity index (χ4n) is 2.23. The molecule has 3 atom stereocenters. The molecule has 6 nitrogen and oxygen atoms in total. The van der Waals surface area contributed by atoms with E-state index in [0.29, 0.717) is 17.9 Å². The zero-order valence-electron chi connectivity index (χ0n) is 20.3. The molecule has 0 aliphatic carbocycles. The van der Waals surface area contributed by atoms with Gasteiger partial charge in [0.1, 0.15) is 5.78 Å². The second-order valence-electron chi connectivity index (χ2n) is 8.60. The van der Waals surface area contributed by atoms with Gasteiger partial charge in [0.05, 0.1) is 18.1 Å². The van der Waals surface area contributed by atoms with E-state index < -0.39 is 0 Å². The van der Waals surface area contributed by atoms with Crippen LogP contribution in [0.1, 0.15) is 83.1 Å². The third-order valence-corrected chi connectivity index (χ3v) is 3.79. The van der Waals surface area contributed by atoms with Crippen molar-refractivity contribution in [2.24, 2.45) is 17.6 Å². The summed E-state index contributed by atoms with van der Waals surface area (Å²) in [5, 5.41) is 6.27. The van der Waals surface area contributed by atoms with Gasteiger partial charge in [0, 0.05) is 23.9 Å². The summed E-state index contributed by atoms with van der Waals surface area (Å²) in [6, 6.07) is 0.478. The minimum Gasteiger partial charge on any atom is -0.322 e. The minimum atomic E-state index is -0.296. The molecule has 0 spiro atoms. The number of carbonyl (C=O) groups is 3. The van der Waals surface area contributed by atoms with E-state index in [2.05, 4.69) is 10.6 Å². The van der Waals surface area contributed by atoms with Crippen LogP contribution in [0.25, 0.3) is 0 Å². The minimum absolute atomic E-state index is 0.00463. The van der Waals surface area contributed by atoms with Crippen molar-refractivity contribution in [3.63, 3.8) is 0 Å². The van der Waals surface area contributed by atoms with Crippen LogP contribution in [-0.4, -0.2) is 47.6 Å². The lowest BCUT2D eigenvalue weighted by molar-refractivity contribution is -0.124. The van der Waals surface area contributed by atoms with Crippen molar-refractivity contribution in [1.29, 1.82) is 0 Å². The van der Waals surface area contributed by atoms with Crippen LogP contribution in [0.15, 0.2) is 0 Å². The second kappa shape index (κ2) is 16.8. The Labute approximate surface area is 173 Å². The normalized spacial score (nSPS) is 14.0. The third kappa shape index (κ3) is 19.6. The first kappa shape index (κ1) is 31.6. The van der Waals surface area contributed by atoms with Crippen molar-refractivity contribution in [3.8, 4) is 0 Å². The molecule has 0 bridgehead atoms. The lowest BCUT2D eigenvalue weighted by Gasteiger charge is -2.17. The lowest BCUT2D eigenvalue weighted by atomic mass is 10.0. The number of hydrogen-bond acceptors (Lipinski definition) is 6. The summed E-state index contributed by atoms with van der Waals surface area (Å²) in [5.74, 6) is 0.832. The Morgan fingerprint density at radius 1 is 0.607 bits per heavy atom. The van der Waals surface area contributed by atoms with E-state index in [1.165, 1.54) is 0 Å². The average Bonchev–Trinajstić information content (AvgIpc) is 2.52. The highest BCUT2D eigenvalue weighted by Gasteiger charge is 2.16. The van der Waals surface area contributed by atoms with Crippen LogP contribution < -0.4 is 16.4 Å². The molecule has 168 valence electrons. The van der Waals surface area contributed by atoms with Gasteiger partial charge < -0.3 is 16.4 Å². The molecule has 0 aliphatic heterocycles. The highest BCUT2D eigenvalue weighted by Crippen LogP contribution is 1.99. The van der Waals surface area contributed by atoms with Gasteiger partial charge in [-0.05, 0) is 27.7 Å². The Bertz CT molecular complexity index is 434. The molecule has 0 heterocycles. The Kier molecular flexibility index (Phi) is 19.0. The Morgan fingerprint density at radius 2 is 0.929 bits per heavy atom. The van der Waals surface area contributed by atoms with Crippen LogP contribution in [0.4, 0.5) is 0 Å². The second-order valence-corrected chi connectivity index (χ2v) is 8.60. The molecule has 4 N–H and O–H groups in total. The number of ketones is 3. The van der Waals surface area contributed by atoms with E-state index in [-0.39, 0.29) is 41.5 Å². The van der Waals surface area contributed by atoms with Crippen molar-refractivity contribution in [3.05, 3.63) is 0 Å². The van der Waals surface area contributed by atoms with Gasteiger partial charge in [-0.1, -0.05) is 55.4 Å². The van der Waals surface area contributed by atoms with Gasteiger partial charge in [0.25, 0.3) is 0 Å². The van der Waals surface area contributed by atoms with Gasteiger partial charge >= 0.3 is 0 Å².